The predicted octanol–water partition coefficient (Wildman–Crippen LogP) is 4.29. The van der Waals surface area contributed by atoms with Gasteiger partial charge in [0, 0.05) is 12.2 Å². The number of hydrogen-bond donors (Lipinski definition) is 3. The lowest BCUT2D eigenvalue weighted by Crippen LogP contribution is -2.08. The number of nitrogens with zero attached hydrogens (tertiary/aromatic N) is 2. The van der Waals surface area contributed by atoms with Gasteiger partial charge in [-0.25, -0.2) is 9.97 Å². The minimum Gasteiger partial charge on any atom is -0.393 e. The average Bonchev–Trinajstić information content (AvgIpc) is 2.64. The maximum absolute atomic E-state index is 6.26. The van der Waals surface area contributed by atoms with Crippen LogP contribution in [-0.4, -0.2) is 9.97 Å². The number of hydrogen-bond acceptors (Lipinski definition) is 5. The number of rotatable bonds is 6. The van der Waals surface area contributed by atoms with Crippen LogP contribution in [0.5, 0.6) is 0 Å². The Kier molecular flexibility index (Phi) is 5.14. The van der Waals surface area contributed by atoms with Gasteiger partial charge < -0.3 is 16.4 Å². The molecule has 0 saturated carbocycles. The van der Waals surface area contributed by atoms with E-state index in [2.05, 4.69) is 64.8 Å². The highest BCUT2D eigenvalue weighted by molar-refractivity contribution is 5.78. The summed E-state index contributed by atoms with van der Waals surface area (Å²) in [6.07, 6.45) is 2.46. The molecule has 5 nitrogen and oxygen atoms in total. The van der Waals surface area contributed by atoms with Gasteiger partial charge in [-0.1, -0.05) is 55.0 Å². The van der Waals surface area contributed by atoms with Crippen LogP contribution in [0.25, 0.3) is 0 Å². The number of aromatic nitrogens is 2. The largest absolute Gasteiger partial charge is 0.393 e. The summed E-state index contributed by atoms with van der Waals surface area (Å²) in [6.45, 7) is 4.86. The summed E-state index contributed by atoms with van der Waals surface area (Å²) >= 11 is 0. The van der Waals surface area contributed by atoms with Gasteiger partial charge in [0.05, 0.1) is 0 Å². The van der Waals surface area contributed by atoms with E-state index in [0.717, 1.165) is 12.1 Å². The third-order valence-electron chi connectivity index (χ3n) is 4.12. The first kappa shape index (κ1) is 16.8. The number of benzene rings is 2. The molecule has 0 aliphatic rings. The van der Waals surface area contributed by atoms with Crippen molar-refractivity contribution in [3.63, 3.8) is 0 Å². The Hall–Kier alpha value is -3.08. The van der Waals surface area contributed by atoms with E-state index in [1.807, 2.05) is 18.2 Å². The maximum Gasteiger partial charge on any atom is 0.159 e. The number of anilines is 4. The van der Waals surface area contributed by atoms with Crippen molar-refractivity contribution in [1.29, 1.82) is 0 Å². The molecule has 0 aliphatic heterocycles. The second-order valence-electron chi connectivity index (χ2n) is 5.96. The summed E-state index contributed by atoms with van der Waals surface area (Å²) in [5.41, 5.74) is 11.4. The van der Waals surface area contributed by atoms with Gasteiger partial charge in [-0.15, -0.1) is 0 Å². The molecule has 0 bridgehead atoms. The summed E-state index contributed by atoms with van der Waals surface area (Å²) < 4.78 is 0. The standard InChI is InChI=1S/C20H23N5/c1-3-16-6-4-5-7-17(16)25-20-18(21)19(23-13-24-20)22-12-15-10-8-14(2)9-11-15/h4-11,13H,3,12,21H2,1-2H3,(H2,22,23,24,25). The lowest BCUT2D eigenvalue weighted by Gasteiger charge is -2.14. The fraction of sp³-hybridized carbons (Fsp3) is 0.200. The zero-order valence-electron chi connectivity index (χ0n) is 14.6. The highest BCUT2D eigenvalue weighted by Crippen LogP contribution is 2.27. The topological polar surface area (TPSA) is 75.9 Å². The number of nitrogen functional groups attached to an aromatic ring is 1. The second-order valence-corrected chi connectivity index (χ2v) is 5.96. The highest BCUT2D eigenvalue weighted by atomic mass is 15.1. The van der Waals surface area contributed by atoms with Gasteiger partial charge in [0.25, 0.3) is 0 Å². The first-order valence-electron chi connectivity index (χ1n) is 8.42. The predicted molar refractivity (Wildman–Crippen MR) is 104 cm³/mol. The van der Waals surface area contributed by atoms with Crippen LogP contribution in [0.3, 0.4) is 0 Å². The molecule has 3 rings (SSSR count). The Bertz CT molecular complexity index is 843. The minimum atomic E-state index is 0.514. The molecule has 128 valence electrons. The molecule has 5 heteroatoms. The molecule has 2 aromatic carbocycles. The highest BCUT2D eigenvalue weighted by Gasteiger charge is 2.09. The summed E-state index contributed by atoms with van der Waals surface area (Å²) in [6, 6.07) is 16.5. The van der Waals surface area contributed by atoms with Crippen LogP contribution < -0.4 is 16.4 Å². The molecule has 1 heterocycles. The van der Waals surface area contributed by atoms with Gasteiger partial charge in [-0.2, -0.15) is 0 Å². The van der Waals surface area contributed by atoms with Crippen LogP contribution in [-0.2, 0) is 13.0 Å². The molecule has 0 unspecified atom stereocenters. The molecule has 0 fully saturated rings. The van der Waals surface area contributed by atoms with Gasteiger partial charge in [-0.05, 0) is 30.5 Å². The van der Waals surface area contributed by atoms with Crippen molar-refractivity contribution in [3.05, 3.63) is 71.5 Å². The van der Waals surface area contributed by atoms with Crippen molar-refractivity contribution in [3.8, 4) is 0 Å². The number of nitrogens with two attached hydrogens (primary N) is 1. The zero-order chi connectivity index (χ0) is 17.6. The Balaban J connectivity index is 1.76. The molecular weight excluding hydrogens is 310 g/mol. The minimum absolute atomic E-state index is 0.514. The van der Waals surface area contributed by atoms with E-state index >= 15 is 0 Å². The number of nitrogens with one attached hydrogen (secondary N) is 2. The number of aryl methyl sites for hydroxylation is 2. The van der Waals surface area contributed by atoms with Crippen molar-refractivity contribution in [1.82, 2.24) is 9.97 Å². The van der Waals surface area contributed by atoms with E-state index in [-0.39, 0.29) is 0 Å². The van der Waals surface area contributed by atoms with E-state index < -0.39 is 0 Å². The second kappa shape index (κ2) is 7.66. The van der Waals surface area contributed by atoms with Crippen LogP contribution in [0.1, 0.15) is 23.6 Å². The van der Waals surface area contributed by atoms with Crippen LogP contribution >= 0.6 is 0 Å². The monoisotopic (exact) mass is 333 g/mol. The van der Waals surface area contributed by atoms with Crippen molar-refractivity contribution < 1.29 is 0 Å². The Morgan fingerprint density at radius 1 is 0.960 bits per heavy atom. The van der Waals surface area contributed by atoms with Gasteiger partial charge in [0.15, 0.2) is 11.6 Å². The molecule has 0 amide bonds. The lowest BCUT2D eigenvalue weighted by molar-refractivity contribution is 1.08. The Labute approximate surface area is 148 Å². The summed E-state index contributed by atoms with van der Waals surface area (Å²) in [5, 5.41) is 6.61. The molecular formula is C20H23N5. The molecule has 0 aliphatic carbocycles. The van der Waals surface area contributed by atoms with E-state index in [4.69, 9.17) is 5.73 Å². The van der Waals surface area contributed by atoms with Crippen molar-refractivity contribution in [2.45, 2.75) is 26.8 Å². The van der Waals surface area contributed by atoms with Crippen molar-refractivity contribution >= 4 is 23.0 Å². The average molecular weight is 333 g/mol. The van der Waals surface area contributed by atoms with Gasteiger partial charge in [-0.3, -0.25) is 0 Å². The first-order valence-corrected chi connectivity index (χ1v) is 8.42. The molecule has 1 aromatic heterocycles. The van der Waals surface area contributed by atoms with Crippen LogP contribution in [0.15, 0.2) is 54.9 Å². The SMILES string of the molecule is CCc1ccccc1Nc1ncnc(NCc2ccc(C)cc2)c1N. The fourth-order valence-electron chi connectivity index (χ4n) is 2.61. The molecule has 0 spiro atoms. The third kappa shape index (κ3) is 4.07. The van der Waals surface area contributed by atoms with E-state index in [1.165, 1.54) is 23.0 Å². The lowest BCUT2D eigenvalue weighted by atomic mass is 10.1. The Morgan fingerprint density at radius 2 is 1.68 bits per heavy atom. The Morgan fingerprint density at radius 3 is 2.44 bits per heavy atom. The zero-order valence-corrected chi connectivity index (χ0v) is 14.6. The normalized spacial score (nSPS) is 10.5. The summed E-state index contributed by atoms with van der Waals surface area (Å²) in [5.74, 6) is 1.24. The first-order chi connectivity index (χ1) is 12.2. The van der Waals surface area contributed by atoms with Gasteiger partial charge in [0.1, 0.15) is 12.0 Å². The van der Waals surface area contributed by atoms with Gasteiger partial charge in [0.2, 0.25) is 0 Å². The third-order valence-corrected chi connectivity index (χ3v) is 4.12. The van der Waals surface area contributed by atoms with Gasteiger partial charge >= 0.3 is 0 Å². The number of para-hydroxylation sites is 1. The van der Waals surface area contributed by atoms with Crippen LogP contribution in [0.2, 0.25) is 0 Å². The molecule has 0 saturated heterocycles. The van der Waals surface area contributed by atoms with Crippen molar-refractivity contribution in [2.75, 3.05) is 16.4 Å². The van der Waals surface area contributed by atoms with E-state index in [1.54, 1.807) is 0 Å². The smallest absolute Gasteiger partial charge is 0.159 e. The van der Waals surface area contributed by atoms with E-state index in [0.29, 0.717) is 23.9 Å². The van der Waals surface area contributed by atoms with Crippen LogP contribution in [0, 0.1) is 6.92 Å². The molecule has 0 atom stereocenters. The molecule has 25 heavy (non-hydrogen) atoms. The quantitative estimate of drug-likeness (QED) is 0.627. The summed E-state index contributed by atoms with van der Waals surface area (Å²) in [7, 11) is 0. The maximum atomic E-state index is 6.26. The van der Waals surface area contributed by atoms with E-state index in [9.17, 15) is 0 Å². The fourth-order valence-corrected chi connectivity index (χ4v) is 2.61. The molecule has 0 radical (unpaired) electrons. The molecule has 4 N–H and O–H groups in total. The van der Waals surface area contributed by atoms with Crippen molar-refractivity contribution in [2.24, 2.45) is 0 Å². The molecule has 3 aromatic rings. The summed E-state index contributed by atoms with van der Waals surface area (Å²) in [4.78, 5) is 8.56. The van der Waals surface area contributed by atoms with Crippen LogP contribution in [0.4, 0.5) is 23.0 Å².